The molecule has 0 spiro atoms. The van der Waals surface area contributed by atoms with E-state index in [-0.39, 0.29) is 11.8 Å². The van der Waals surface area contributed by atoms with Crippen molar-refractivity contribution in [1.82, 2.24) is 0 Å². The largest absolute Gasteiger partial charge is 0.442 e. The van der Waals surface area contributed by atoms with E-state index in [0.717, 1.165) is 0 Å². The van der Waals surface area contributed by atoms with Crippen LogP contribution in [0.25, 0.3) is 22.1 Å². The van der Waals surface area contributed by atoms with E-state index >= 15 is 0 Å². The number of anilines is 1. The molecule has 0 atom stereocenters. The molecule has 0 aliphatic heterocycles. The predicted octanol–water partition coefficient (Wildman–Crippen LogP) is 4.36. The van der Waals surface area contributed by atoms with E-state index in [1.165, 1.54) is 0 Å². The zero-order valence-corrected chi connectivity index (χ0v) is 12.4. The fraction of sp³-hybridized carbons (Fsp3) is 0.118. The second-order valence-electron chi connectivity index (χ2n) is 5.02. The van der Waals surface area contributed by atoms with Gasteiger partial charge in [-0.25, -0.2) is 0 Å². The topological polar surface area (TPSA) is 85.4 Å². The van der Waals surface area contributed by atoms with Crippen LogP contribution in [0.5, 0.6) is 0 Å². The Bertz CT molecular complexity index is 884. The highest BCUT2D eigenvalue weighted by Gasteiger charge is 2.25. The van der Waals surface area contributed by atoms with E-state index in [4.69, 9.17) is 4.42 Å². The molecular weight excluding hydrogens is 296 g/mol. The van der Waals surface area contributed by atoms with Crippen LogP contribution in [-0.2, 0) is 4.79 Å². The van der Waals surface area contributed by atoms with Crippen molar-refractivity contribution >= 4 is 28.4 Å². The van der Waals surface area contributed by atoms with E-state index in [9.17, 15) is 14.9 Å². The normalized spacial score (nSPS) is 10.7. The van der Waals surface area contributed by atoms with Gasteiger partial charge >= 0.3 is 5.88 Å². The van der Waals surface area contributed by atoms with E-state index < -0.39 is 4.92 Å². The van der Waals surface area contributed by atoms with Gasteiger partial charge in [0.05, 0.1) is 0 Å². The molecule has 3 aromatic rings. The van der Waals surface area contributed by atoms with Crippen molar-refractivity contribution in [1.29, 1.82) is 0 Å². The summed E-state index contributed by atoms with van der Waals surface area (Å²) in [5.41, 5.74) is 2.09. The lowest BCUT2D eigenvalue weighted by Gasteiger charge is -2.03. The molecule has 0 aliphatic carbocycles. The van der Waals surface area contributed by atoms with Crippen LogP contribution in [0.1, 0.15) is 13.3 Å². The summed E-state index contributed by atoms with van der Waals surface area (Å²) in [5.74, 6) is -0.422. The number of hydrogen-bond donors (Lipinski definition) is 1. The summed E-state index contributed by atoms with van der Waals surface area (Å²) in [6.07, 6.45) is 0.356. The maximum atomic E-state index is 11.5. The summed E-state index contributed by atoms with van der Waals surface area (Å²) in [6.45, 7) is 1.76. The van der Waals surface area contributed by atoms with Gasteiger partial charge in [-0.05, 0) is 23.8 Å². The average Bonchev–Trinajstić information content (AvgIpc) is 2.94. The molecular formula is C17H14N2O4. The van der Waals surface area contributed by atoms with Crippen LogP contribution in [0.3, 0.4) is 0 Å². The number of nitrogens with one attached hydrogen (secondary N) is 1. The van der Waals surface area contributed by atoms with Crippen LogP contribution in [0, 0.1) is 10.1 Å². The molecule has 3 rings (SSSR count). The first-order chi connectivity index (χ1) is 11.1. The van der Waals surface area contributed by atoms with Crippen LogP contribution >= 0.6 is 0 Å². The minimum Gasteiger partial charge on any atom is -0.400 e. The number of nitrogens with zero attached hydrogens (tertiary/aromatic N) is 1. The first kappa shape index (κ1) is 14.8. The lowest BCUT2D eigenvalue weighted by Crippen LogP contribution is -2.09. The van der Waals surface area contributed by atoms with Crippen LogP contribution in [0.15, 0.2) is 52.9 Å². The van der Waals surface area contributed by atoms with Gasteiger partial charge in [0.15, 0.2) is 0 Å². The Labute approximate surface area is 131 Å². The molecule has 6 nitrogen and oxygen atoms in total. The number of benzene rings is 2. The lowest BCUT2D eigenvalue weighted by molar-refractivity contribution is -0.400. The highest BCUT2D eigenvalue weighted by molar-refractivity contribution is 6.01. The van der Waals surface area contributed by atoms with Gasteiger partial charge in [0.2, 0.25) is 5.91 Å². The molecule has 116 valence electrons. The van der Waals surface area contributed by atoms with Crippen molar-refractivity contribution in [2.75, 3.05) is 5.32 Å². The lowest BCUT2D eigenvalue weighted by atomic mass is 10.0. The Morgan fingerprint density at radius 1 is 1.22 bits per heavy atom. The van der Waals surface area contributed by atoms with Gasteiger partial charge < -0.3 is 9.73 Å². The molecule has 6 heteroatoms. The molecule has 2 aromatic carbocycles. The fourth-order valence-electron chi connectivity index (χ4n) is 2.42. The molecule has 0 radical (unpaired) electrons. The van der Waals surface area contributed by atoms with E-state index in [1.54, 1.807) is 49.4 Å². The molecule has 1 amide bonds. The van der Waals surface area contributed by atoms with Gasteiger partial charge in [0.25, 0.3) is 0 Å². The Hall–Kier alpha value is -3.15. The highest BCUT2D eigenvalue weighted by atomic mass is 16.6. The van der Waals surface area contributed by atoms with Crippen molar-refractivity contribution in [3.63, 3.8) is 0 Å². The summed E-state index contributed by atoms with van der Waals surface area (Å²) in [7, 11) is 0. The van der Waals surface area contributed by atoms with Crippen molar-refractivity contribution in [3.05, 3.63) is 58.6 Å². The summed E-state index contributed by atoms with van der Waals surface area (Å²) < 4.78 is 5.39. The summed E-state index contributed by atoms with van der Waals surface area (Å²) in [6, 6.07) is 14.0. The van der Waals surface area contributed by atoms with Gasteiger partial charge in [0, 0.05) is 17.5 Å². The second kappa shape index (κ2) is 5.92. The Kier molecular flexibility index (Phi) is 3.80. The van der Waals surface area contributed by atoms with Gasteiger partial charge in [0.1, 0.15) is 16.1 Å². The maximum absolute atomic E-state index is 11.5. The first-order valence-electron chi connectivity index (χ1n) is 7.16. The maximum Gasteiger partial charge on any atom is 0.442 e. The van der Waals surface area contributed by atoms with E-state index in [1.807, 2.05) is 6.07 Å². The zero-order chi connectivity index (χ0) is 16.4. The minimum atomic E-state index is -0.535. The van der Waals surface area contributed by atoms with Gasteiger partial charge in [-0.3, -0.25) is 14.9 Å². The molecule has 1 aromatic heterocycles. The van der Waals surface area contributed by atoms with Crippen molar-refractivity contribution in [2.24, 2.45) is 0 Å². The van der Waals surface area contributed by atoms with Crippen LogP contribution < -0.4 is 5.32 Å². The van der Waals surface area contributed by atoms with Crippen molar-refractivity contribution in [2.45, 2.75) is 13.3 Å². The SMILES string of the molecule is CCC(=O)Nc1ccc2oc([N+](=O)[O-])c(-c3ccccc3)c2c1. The molecule has 1 N–H and O–H groups in total. The minimum absolute atomic E-state index is 0.122. The number of furan rings is 1. The predicted molar refractivity (Wildman–Crippen MR) is 87.2 cm³/mol. The van der Waals surface area contributed by atoms with Crippen molar-refractivity contribution in [3.8, 4) is 11.1 Å². The van der Waals surface area contributed by atoms with Crippen LogP contribution in [-0.4, -0.2) is 10.8 Å². The number of amides is 1. The summed E-state index contributed by atoms with van der Waals surface area (Å²) in [5, 5.41) is 14.7. The zero-order valence-electron chi connectivity index (χ0n) is 12.4. The average molecular weight is 310 g/mol. The summed E-state index contributed by atoms with van der Waals surface area (Å²) in [4.78, 5) is 22.3. The standard InChI is InChI=1S/C17H14N2O4/c1-2-15(20)18-12-8-9-14-13(10-12)16(17(23-14)19(21)22)11-6-4-3-5-7-11/h3-10H,2H2,1H3,(H,18,20). The third-order valence-corrected chi connectivity index (χ3v) is 3.50. The second-order valence-corrected chi connectivity index (χ2v) is 5.02. The quantitative estimate of drug-likeness (QED) is 0.573. The number of carbonyl (C=O) groups is 1. The number of rotatable bonds is 4. The van der Waals surface area contributed by atoms with E-state index in [0.29, 0.717) is 34.2 Å². The third-order valence-electron chi connectivity index (χ3n) is 3.50. The number of nitro groups is 1. The Morgan fingerprint density at radius 3 is 2.61 bits per heavy atom. The number of carbonyl (C=O) groups excluding carboxylic acids is 1. The Balaban J connectivity index is 2.21. The highest BCUT2D eigenvalue weighted by Crippen LogP contribution is 2.40. The number of hydrogen-bond acceptors (Lipinski definition) is 4. The van der Waals surface area contributed by atoms with Gasteiger partial charge in [-0.2, -0.15) is 0 Å². The molecule has 0 unspecified atom stereocenters. The third kappa shape index (κ3) is 2.78. The van der Waals surface area contributed by atoms with Crippen LogP contribution in [0.4, 0.5) is 11.6 Å². The molecule has 0 aliphatic rings. The fourth-order valence-corrected chi connectivity index (χ4v) is 2.42. The first-order valence-corrected chi connectivity index (χ1v) is 7.16. The van der Waals surface area contributed by atoms with E-state index in [2.05, 4.69) is 5.32 Å². The molecule has 0 fully saturated rings. The van der Waals surface area contributed by atoms with Gasteiger partial charge in [-0.1, -0.05) is 37.3 Å². The van der Waals surface area contributed by atoms with Crippen LogP contribution in [0.2, 0.25) is 0 Å². The summed E-state index contributed by atoms with van der Waals surface area (Å²) >= 11 is 0. The molecule has 0 saturated heterocycles. The van der Waals surface area contributed by atoms with Gasteiger partial charge in [-0.15, -0.1) is 0 Å². The Morgan fingerprint density at radius 2 is 1.96 bits per heavy atom. The number of fused-ring (bicyclic) bond motifs is 1. The molecule has 0 saturated carbocycles. The smallest absolute Gasteiger partial charge is 0.400 e. The molecule has 0 bridgehead atoms. The molecule has 1 heterocycles. The molecule has 23 heavy (non-hydrogen) atoms. The van der Waals surface area contributed by atoms with Crippen molar-refractivity contribution < 1.29 is 14.1 Å². The monoisotopic (exact) mass is 310 g/mol.